The molecule has 0 aromatic carbocycles. The molecule has 0 aromatic rings. The molecular formula is C9H16ClN. The number of rotatable bonds is 0. The second-order valence-corrected chi connectivity index (χ2v) is 4.53. The van der Waals surface area contributed by atoms with Gasteiger partial charge in [0.15, 0.2) is 0 Å². The standard InChI is InChI=1S/C9H16ClN/c1-11-6-5-7-3-2-4-8(10)9(7)11/h7-9H,2-6H2,1H3. The van der Waals surface area contributed by atoms with Crippen LogP contribution in [0, 0.1) is 5.92 Å². The first-order chi connectivity index (χ1) is 5.29. The molecule has 1 saturated heterocycles. The number of nitrogens with zero attached hydrogens (tertiary/aromatic N) is 1. The Morgan fingerprint density at radius 1 is 1.27 bits per heavy atom. The van der Waals surface area contributed by atoms with E-state index in [0.29, 0.717) is 11.4 Å². The molecule has 0 N–H and O–H groups in total. The molecule has 2 heteroatoms. The molecular weight excluding hydrogens is 158 g/mol. The molecule has 0 aromatic heterocycles. The van der Waals surface area contributed by atoms with Crippen LogP contribution in [0.1, 0.15) is 25.7 Å². The molecule has 2 rings (SSSR count). The minimum Gasteiger partial charge on any atom is -0.302 e. The van der Waals surface area contributed by atoms with E-state index in [1.54, 1.807) is 0 Å². The molecule has 1 aliphatic carbocycles. The van der Waals surface area contributed by atoms with E-state index in [4.69, 9.17) is 11.6 Å². The van der Waals surface area contributed by atoms with E-state index in [9.17, 15) is 0 Å². The molecule has 0 spiro atoms. The molecule has 0 amide bonds. The van der Waals surface area contributed by atoms with Crippen molar-refractivity contribution < 1.29 is 0 Å². The predicted molar refractivity (Wildman–Crippen MR) is 48.0 cm³/mol. The number of halogens is 1. The molecule has 1 saturated carbocycles. The van der Waals surface area contributed by atoms with Gasteiger partial charge in [0.2, 0.25) is 0 Å². The van der Waals surface area contributed by atoms with Crippen molar-refractivity contribution in [3.63, 3.8) is 0 Å². The summed E-state index contributed by atoms with van der Waals surface area (Å²) in [6, 6.07) is 0.699. The van der Waals surface area contributed by atoms with Gasteiger partial charge in [-0.1, -0.05) is 6.42 Å². The van der Waals surface area contributed by atoms with Crippen molar-refractivity contribution in [3.05, 3.63) is 0 Å². The molecule has 3 atom stereocenters. The molecule has 1 nitrogen and oxygen atoms in total. The van der Waals surface area contributed by atoms with Crippen molar-refractivity contribution in [2.45, 2.75) is 37.1 Å². The number of likely N-dealkylation sites (tertiary alicyclic amines) is 1. The van der Waals surface area contributed by atoms with Crippen LogP contribution in [0.15, 0.2) is 0 Å². The summed E-state index contributed by atoms with van der Waals surface area (Å²) in [5, 5.41) is 0.432. The third kappa shape index (κ3) is 1.29. The Balaban J connectivity index is 2.08. The highest BCUT2D eigenvalue weighted by atomic mass is 35.5. The maximum atomic E-state index is 6.27. The molecule has 1 heterocycles. The van der Waals surface area contributed by atoms with E-state index in [1.807, 2.05) is 0 Å². The molecule has 11 heavy (non-hydrogen) atoms. The van der Waals surface area contributed by atoms with Gasteiger partial charge in [0.1, 0.15) is 0 Å². The zero-order valence-electron chi connectivity index (χ0n) is 7.09. The van der Waals surface area contributed by atoms with Gasteiger partial charge in [0.05, 0.1) is 0 Å². The monoisotopic (exact) mass is 173 g/mol. The van der Waals surface area contributed by atoms with Crippen LogP contribution in [-0.2, 0) is 0 Å². The van der Waals surface area contributed by atoms with E-state index in [0.717, 1.165) is 5.92 Å². The summed E-state index contributed by atoms with van der Waals surface area (Å²) in [7, 11) is 2.21. The molecule has 0 radical (unpaired) electrons. The lowest BCUT2D eigenvalue weighted by molar-refractivity contribution is 0.219. The highest BCUT2D eigenvalue weighted by molar-refractivity contribution is 6.21. The van der Waals surface area contributed by atoms with Crippen molar-refractivity contribution >= 4 is 11.6 Å². The molecule has 1 aliphatic heterocycles. The third-order valence-electron chi connectivity index (χ3n) is 3.27. The van der Waals surface area contributed by atoms with E-state index < -0.39 is 0 Å². The van der Waals surface area contributed by atoms with Crippen LogP contribution in [0.25, 0.3) is 0 Å². The average Bonchev–Trinajstić information content (AvgIpc) is 2.34. The Hall–Kier alpha value is 0.250. The smallest absolute Gasteiger partial charge is 0.0494 e. The van der Waals surface area contributed by atoms with E-state index in [2.05, 4.69) is 11.9 Å². The Morgan fingerprint density at radius 2 is 2.09 bits per heavy atom. The van der Waals surface area contributed by atoms with Gasteiger partial charge in [-0.15, -0.1) is 11.6 Å². The van der Waals surface area contributed by atoms with Gasteiger partial charge in [-0.05, 0) is 38.8 Å². The van der Waals surface area contributed by atoms with Crippen LogP contribution >= 0.6 is 11.6 Å². The van der Waals surface area contributed by atoms with E-state index >= 15 is 0 Å². The summed E-state index contributed by atoms with van der Waals surface area (Å²) in [6.45, 7) is 1.26. The fourth-order valence-electron chi connectivity index (χ4n) is 2.68. The Labute approximate surface area is 73.7 Å². The summed E-state index contributed by atoms with van der Waals surface area (Å²) in [5.74, 6) is 0.913. The molecule has 2 fully saturated rings. The first-order valence-corrected chi connectivity index (χ1v) is 5.07. The topological polar surface area (TPSA) is 3.24 Å². The first kappa shape index (κ1) is 7.88. The summed E-state index contributed by atoms with van der Waals surface area (Å²) < 4.78 is 0. The summed E-state index contributed by atoms with van der Waals surface area (Å²) in [5.41, 5.74) is 0. The van der Waals surface area contributed by atoms with Crippen LogP contribution < -0.4 is 0 Å². The first-order valence-electron chi connectivity index (χ1n) is 4.63. The lowest BCUT2D eigenvalue weighted by atomic mass is 9.85. The van der Waals surface area contributed by atoms with E-state index in [1.165, 1.54) is 32.2 Å². The average molecular weight is 174 g/mol. The van der Waals surface area contributed by atoms with Gasteiger partial charge in [0, 0.05) is 11.4 Å². The zero-order valence-corrected chi connectivity index (χ0v) is 7.85. The maximum Gasteiger partial charge on any atom is 0.0494 e. The Kier molecular flexibility index (Phi) is 2.11. The lowest BCUT2D eigenvalue weighted by Gasteiger charge is -2.33. The Morgan fingerprint density at radius 3 is 2.82 bits per heavy atom. The molecule has 64 valence electrons. The largest absolute Gasteiger partial charge is 0.302 e. The van der Waals surface area contributed by atoms with Crippen molar-refractivity contribution in [2.24, 2.45) is 5.92 Å². The van der Waals surface area contributed by atoms with Gasteiger partial charge in [-0.25, -0.2) is 0 Å². The SMILES string of the molecule is CN1CCC2CCCC(Cl)C21. The Bertz CT molecular complexity index is 146. The number of hydrogen-bond acceptors (Lipinski definition) is 1. The molecule has 0 bridgehead atoms. The fraction of sp³-hybridized carbons (Fsp3) is 1.00. The van der Waals surface area contributed by atoms with Crippen molar-refractivity contribution in [1.82, 2.24) is 4.90 Å². The maximum absolute atomic E-state index is 6.27. The molecule has 2 aliphatic rings. The zero-order chi connectivity index (χ0) is 7.84. The number of fused-ring (bicyclic) bond motifs is 1. The normalized spacial score (nSPS) is 45.8. The second-order valence-electron chi connectivity index (χ2n) is 3.97. The summed E-state index contributed by atoms with van der Waals surface area (Å²) in [4.78, 5) is 2.45. The van der Waals surface area contributed by atoms with Crippen molar-refractivity contribution in [3.8, 4) is 0 Å². The van der Waals surface area contributed by atoms with Gasteiger partial charge in [0.25, 0.3) is 0 Å². The van der Waals surface area contributed by atoms with Gasteiger partial charge in [-0.3, -0.25) is 0 Å². The molecule has 3 unspecified atom stereocenters. The summed E-state index contributed by atoms with van der Waals surface area (Å²) >= 11 is 6.27. The van der Waals surface area contributed by atoms with Gasteiger partial charge >= 0.3 is 0 Å². The third-order valence-corrected chi connectivity index (χ3v) is 3.75. The fourth-order valence-corrected chi connectivity index (χ4v) is 3.23. The van der Waals surface area contributed by atoms with Crippen molar-refractivity contribution in [2.75, 3.05) is 13.6 Å². The van der Waals surface area contributed by atoms with Crippen LogP contribution in [0.5, 0.6) is 0 Å². The van der Waals surface area contributed by atoms with Crippen LogP contribution in [-0.4, -0.2) is 29.9 Å². The number of alkyl halides is 1. The second kappa shape index (κ2) is 2.95. The highest BCUT2D eigenvalue weighted by Gasteiger charge is 2.38. The number of hydrogen-bond donors (Lipinski definition) is 0. The van der Waals surface area contributed by atoms with E-state index in [-0.39, 0.29) is 0 Å². The minimum atomic E-state index is 0.432. The van der Waals surface area contributed by atoms with Gasteiger partial charge in [-0.2, -0.15) is 0 Å². The van der Waals surface area contributed by atoms with Crippen LogP contribution in [0.2, 0.25) is 0 Å². The van der Waals surface area contributed by atoms with Crippen LogP contribution in [0.3, 0.4) is 0 Å². The minimum absolute atomic E-state index is 0.432. The highest BCUT2D eigenvalue weighted by Crippen LogP contribution is 2.37. The predicted octanol–water partition coefficient (Wildman–Crippen LogP) is 2.10. The van der Waals surface area contributed by atoms with Crippen LogP contribution in [0.4, 0.5) is 0 Å². The lowest BCUT2D eigenvalue weighted by Crippen LogP contribution is -2.40. The van der Waals surface area contributed by atoms with Crippen molar-refractivity contribution in [1.29, 1.82) is 0 Å². The van der Waals surface area contributed by atoms with Gasteiger partial charge < -0.3 is 4.90 Å². The quantitative estimate of drug-likeness (QED) is 0.508. The summed E-state index contributed by atoms with van der Waals surface area (Å²) in [6.07, 6.45) is 5.37.